The second kappa shape index (κ2) is 8.81. The predicted molar refractivity (Wildman–Crippen MR) is 73.4 cm³/mol. The fourth-order valence-electron chi connectivity index (χ4n) is 1.80. The van der Waals surface area contributed by atoms with Crippen LogP contribution in [0.4, 0.5) is 0 Å². The van der Waals surface area contributed by atoms with E-state index in [0.717, 1.165) is 5.01 Å². The molecule has 8 nitrogen and oxygen atoms in total. The summed E-state index contributed by atoms with van der Waals surface area (Å²) in [5.41, 5.74) is 2.57. The van der Waals surface area contributed by atoms with Crippen molar-refractivity contribution in [3.05, 3.63) is 0 Å². The number of amides is 2. The summed E-state index contributed by atoms with van der Waals surface area (Å²) < 4.78 is 21.3. The van der Waals surface area contributed by atoms with E-state index < -0.39 is 20.0 Å². The molecule has 0 radical (unpaired) electrons. The summed E-state index contributed by atoms with van der Waals surface area (Å²) in [5.74, 6) is -1.36. The van der Waals surface area contributed by atoms with Crippen LogP contribution in [0.5, 0.6) is 0 Å². The van der Waals surface area contributed by atoms with Crippen LogP contribution < -0.4 is 5.43 Å². The van der Waals surface area contributed by atoms with Crippen LogP contribution in [0, 0.1) is 0 Å². The average Bonchev–Trinajstić information content (AvgIpc) is 2.75. The van der Waals surface area contributed by atoms with Crippen LogP contribution >= 0.6 is 8.03 Å². The Hall–Kier alpha value is -1.37. The highest BCUT2D eigenvalue weighted by Crippen LogP contribution is 2.23. The molecule has 9 heteroatoms. The Kier molecular flexibility index (Phi) is 7.42. The Morgan fingerprint density at radius 1 is 1.29 bits per heavy atom. The van der Waals surface area contributed by atoms with E-state index in [9.17, 15) is 18.9 Å². The Bertz CT molecular complexity index is 412. The van der Waals surface area contributed by atoms with E-state index in [2.05, 4.69) is 5.43 Å². The quantitative estimate of drug-likeness (QED) is 0.380. The Morgan fingerprint density at radius 2 is 1.90 bits per heavy atom. The van der Waals surface area contributed by atoms with Gasteiger partial charge in [0.05, 0.1) is 13.2 Å². The number of hydrogen-bond acceptors (Lipinski definition) is 7. The summed E-state index contributed by atoms with van der Waals surface area (Å²) in [4.78, 5) is 34.9. The fraction of sp³-hybridized carbons (Fsp3) is 0.750. The third-order valence-corrected chi connectivity index (χ3v) is 3.95. The number of nitrogens with zero attached hydrogens (tertiary/aromatic N) is 1. The van der Waals surface area contributed by atoms with Gasteiger partial charge in [0.2, 0.25) is 11.8 Å². The number of hydrazine groups is 1. The average molecular weight is 319 g/mol. The van der Waals surface area contributed by atoms with Gasteiger partial charge < -0.3 is 4.74 Å². The van der Waals surface area contributed by atoms with Gasteiger partial charge >= 0.3 is 14.0 Å². The van der Waals surface area contributed by atoms with E-state index in [-0.39, 0.29) is 43.8 Å². The highest BCUT2D eigenvalue weighted by molar-refractivity contribution is 7.39. The number of imide groups is 1. The Labute approximate surface area is 124 Å². The number of esters is 1. The second-order valence-corrected chi connectivity index (χ2v) is 5.69. The number of hydrogen-bond donors (Lipinski definition) is 1. The Morgan fingerprint density at radius 3 is 2.43 bits per heavy atom. The van der Waals surface area contributed by atoms with Crippen molar-refractivity contribution in [2.45, 2.75) is 39.2 Å². The van der Waals surface area contributed by atoms with Crippen molar-refractivity contribution in [1.82, 2.24) is 10.4 Å². The second-order valence-electron chi connectivity index (χ2n) is 4.32. The summed E-state index contributed by atoms with van der Waals surface area (Å²) in [6.07, 6.45) is 0.518. The van der Waals surface area contributed by atoms with Gasteiger partial charge in [0.15, 0.2) is 6.16 Å². The van der Waals surface area contributed by atoms with E-state index in [1.165, 1.54) is 0 Å². The molecule has 1 saturated heterocycles. The molecule has 0 aromatic carbocycles. The van der Waals surface area contributed by atoms with E-state index in [0.29, 0.717) is 6.61 Å². The molecule has 1 heterocycles. The molecule has 0 saturated carbocycles. The van der Waals surface area contributed by atoms with Crippen LogP contribution in [0.25, 0.3) is 0 Å². The lowest BCUT2D eigenvalue weighted by Gasteiger charge is -2.21. The summed E-state index contributed by atoms with van der Waals surface area (Å²) >= 11 is 0. The molecule has 0 bridgehead atoms. The van der Waals surface area contributed by atoms with Gasteiger partial charge in [0.25, 0.3) is 0 Å². The molecule has 2 amide bonds. The van der Waals surface area contributed by atoms with Crippen molar-refractivity contribution in [2.75, 3.05) is 19.4 Å². The number of rotatable bonds is 9. The van der Waals surface area contributed by atoms with Gasteiger partial charge in [-0.15, -0.1) is 4.52 Å². The first-order valence-electron chi connectivity index (χ1n) is 6.85. The SMILES string of the molecule is CCOC(=O)C(CC[P+](=O)OCC)NN1C(=O)CCC1=O. The standard InChI is InChI=1S/C12H20N2O6P/c1-3-19-12(17)9(7-8-21(18)20-4-2)13-14-10(15)5-6-11(14)16/h9,13H,3-8H2,1-2H3/q+1. The molecule has 1 aliphatic rings. The molecule has 1 N–H and O–H groups in total. The third-order valence-electron chi connectivity index (χ3n) is 2.78. The van der Waals surface area contributed by atoms with Gasteiger partial charge in [0.1, 0.15) is 6.04 Å². The maximum atomic E-state index is 11.8. The van der Waals surface area contributed by atoms with Gasteiger partial charge in [-0.3, -0.25) is 14.4 Å². The first kappa shape index (κ1) is 17.7. The van der Waals surface area contributed by atoms with Gasteiger partial charge in [-0.25, -0.2) is 10.4 Å². The topological polar surface area (TPSA) is 102 Å². The minimum Gasteiger partial charge on any atom is -0.465 e. The zero-order chi connectivity index (χ0) is 15.8. The number of nitrogens with one attached hydrogen (secondary N) is 1. The van der Waals surface area contributed by atoms with Crippen molar-refractivity contribution in [2.24, 2.45) is 0 Å². The lowest BCUT2D eigenvalue weighted by molar-refractivity contribution is -0.151. The minimum atomic E-state index is -1.87. The summed E-state index contributed by atoms with van der Waals surface area (Å²) in [7, 11) is -1.87. The molecule has 21 heavy (non-hydrogen) atoms. The van der Waals surface area contributed by atoms with E-state index >= 15 is 0 Å². The zero-order valence-corrected chi connectivity index (χ0v) is 13.1. The molecular weight excluding hydrogens is 299 g/mol. The predicted octanol–water partition coefficient (Wildman–Crippen LogP) is 0.741. The van der Waals surface area contributed by atoms with Crippen molar-refractivity contribution in [1.29, 1.82) is 0 Å². The maximum absolute atomic E-state index is 11.8. The van der Waals surface area contributed by atoms with Crippen LogP contribution in [0.1, 0.15) is 33.1 Å². The maximum Gasteiger partial charge on any atom is 0.508 e. The van der Waals surface area contributed by atoms with Gasteiger partial charge in [-0.2, -0.15) is 0 Å². The summed E-state index contributed by atoms with van der Waals surface area (Å²) in [6, 6.07) is -0.907. The minimum absolute atomic E-state index is 0.120. The van der Waals surface area contributed by atoms with Crippen molar-refractivity contribution >= 4 is 25.8 Å². The molecule has 1 aliphatic heterocycles. The molecule has 2 unspecified atom stereocenters. The first-order chi connectivity index (χ1) is 9.99. The normalized spacial score (nSPS) is 17.0. The lowest BCUT2D eigenvalue weighted by atomic mass is 10.2. The highest BCUT2D eigenvalue weighted by atomic mass is 31.1. The molecule has 118 valence electrons. The first-order valence-corrected chi connectivity index (χ1v) is 8.22. The van der Waals surface area contributed by atoms with Gasteiger partial charge in [-0.1, -0.05) is 0 Å². The Balaban J connectivity index is 2.63. The molecule has 1 rings (SSSR count). The van der Waals surface area contributed by atoms with Crippen LogP contribution in [-0.4, -0.2) is 48.2 Å². The van der Waals surface area contributed by atoms with Crippen LogP contribution in [0.15, 0.2) is 0 Å². The lowest BCUT2D eigenvalue weighted by Crippen LogP contribution is -2.51. The van der Waals surface area contributed by atoms with Gasteiger partial charge in [-0.05, 0) is 18.4 Å². The molecular formula is C12H20N2O6P+. The van der Waals surface area contributed by atoms with Crippen LogP contribution in [-0.2, 0) is 28.2 Å². The largest absolute Gasteiger partial charge is 0.508 e. The highest BCUT2D eigenvalue weighted by Gasteiger charge is 2.34. The van der Waals surface area contributed by atoms with E-state index in [4.69, 9.17) is 9.26 Å². The van der Waals surface area contributed by atoms with Crippen molar-refractivity contribution in [3.8, 4) is 0 Å². The van der Waals surface area contributed by atoms with E-state index in [1.807, 2.05) is 0 Å². The molecule has 0 aromatic heterocycles. The monoisotopic (exact) mass is 319 g/mol. The molecule has 0 spiro atoms. The van der Waals surface area contributed by atoms with E-state index in [1.54, 1.807) is 13.8 Å². The van der Waals surface area contributed by atoms with Crippen molar-refractivity contribution < 1.29 is 28.2 Å². The van der Waals surface area contributed by atoms with Crippen LogP contribution in [0.2, 0.25) is 0 Å². The van der Waals surface area contributed by atoms with Crippen molar-refractivity contribution in [3.63, 3.8) is 0 Å². The fourth-order valence-corrected chi connectivity index (χ4v) is 2.68. The third kappa shape index (κ3) is 5.49. The summed E-state index contributed by atoms with van der Waals surface area (Å²) in [6.45, 7) is 3.87. The zero-order valence-electron chi connectivity index (χ0n) is 12.2. The number of carbonyl (C=O) groups excluding carboxylic acids is 3. The molecule has 0 aromatic rings. The molecule has 0 aliphatic carbocycles. The van der Waals surface area contributed by atoms with Crippen LogP contribution in [0.3, 0.4) is 0 Å². The molecule has 1 fully saturated rings. The number of carbonyl (C=O) groups is 3. The smallest absolute Gasteiger partial charge is 0.465 e. The summed E-state index contributed by atoms with van der Waals surface area (Å²) in [5, 5.41) is 0.843. The van der Waals surface area contributed by atoms with Gasteiger partial charge in [0, 0.05) is 19.3 Å². The molecule has 2 atom stereocenters. The number of ether oxygens (including phenoxy) is 1.